The molecule has 0 radical (unpaired) electrons. The van der Waals surface area contributed by atoms with E-state index in [1.807, 2.05) is 29.2 Å². The minimum Gasteiger partial charge on any atom is -0.496 e. The molecular formula is C19H19BrN2O3S. The number of carbonyl (C=O) groups excluding carboxylic acids is 2. The molecule has 2 aromatic carbocycles. The normalized spacial score (nSPS) is 16.4. The van der Waals surface area contributed by atoms with Crippen molar-refractivity contribution < 1.29 is 14.3 Å². The Morgan fingerprint density at radius 3 is 2.73 bits per heavy atom. The van der Waals surface area contributed by atoms with Crippen LogP contribution in [0, 0.1) is 0 Å². The van der Waals surface area contributed by atoms with Gasteiger partial charge >= 0.3 is 0 Å². The summed E-state index contributed by atoms with van der Waals surface area (Å²) in [4.78, 5) is 26.6. The summed E-state index contributed by atoms with van der Waals surface area (Å²) in [5, 5.41) is 2.65. The van der Waals surface area contributed by atoms with Crippen LogP contribution in [0.25, 0.3) is 0 Å². The maximum Gasteiger partial charge on any atom is 0.251 e. The molecule has 1 atom stereocenters. The Labute approximate surface area is 165 Å². The highest BCUT2D eigenvalue weighted by Gasteiger charge is 2.31. The second-order valence-corrected chi connectivity index (χ2v) is 7.80. The molecule has 26 heavy (non-hydrogen) atoms. The molecule has 7 heteroatoms. The average molecular weight is 435 g/mol. The van der Waals surface area contributed by atoms with Gasteiger partial charge in [-0.1, -0.05) is 24.3 Å². The van der Waals surface area contributed by atoms with Crippen LogP contribution >= 0.6 is 27.7 Å². The fraction of sp³-hybridized carbons (Fsp3) is 0.263. The van der Waals surface area contributed by atoms with Gasteiger partial charge < -0.3 is 15.0 Å². The smallest absolute Gasteiger partial charge is 0.251 e. The maximum absolute atomic E-state index is 12.6. The SMILES string of the molecule is COc1ccc(C2SCCN2C(=O)CNC(=O)c2ccccc2)cc1Br. The van der Waals surface area contributed by atoms with E-state index in [2.05, 4.69) is 21.2 Å². The number of benzene rings is 2. The van der Waals surface area contributed by atoms with E-state index in [-0.39, 0.29) is 23.7 Å². The number of rotatable bonds is 5. The minimum absolute atomic E-state index is 0.0118. The average Bonchev–Trinajstić information content (AvgIpc) is 3.16. The molecule has 2 aromatic rings. The summed E-state index contributed by atoms with van der Waals surface area (Å²) in [5.74, 6) is 1.29. The van der Waals surface area contributed by atoms with Gasteiger partial charge in [0.15, 0.2) is 0 Å². The van der Waals surface area contributed by atoms with Gasteiger partial charge in [-0.2, -0.15) is 0 Å². The first kappa shape index (κ1) is 18.8. The van der Waals surface area contributed by atoms with Gasteiger partial charge in [0, 0.05) is 17.9 Å². The lowest BCUT2D eigenvalue weighted by molar-refractivity contribution is -0.130. The van der Waals surface area contributed by atoms with E-state index >= 15 is 0 Å². The van der Waals surface area contributed by atoms with Gasteiger partial charge in [-0.15, -0.1) is 11.8 Å². The number of ether oxygens (including phenoxy) is 1. The minimum atomic E-state index is -0.241. The van der Waals surface area contributed by atoms with Crippen LogP contribution in [0.15, 0.2) is 53.0 Å². The molecule has 1 aliphatic rings. The standard InChI is InChI=1S/C19H19BrN2O3S/c1-25-16-8-7-14(11-15(16)20)19-22(9-10-26-19)17(23)12-21-18(24)13-5-3-2-4-6-13/h2-8,11,19H,9-10,12H2,1H3,(H,21,24). The highest BCUT2D eigenvalue weighted by atomic mass is 79.9. The monoisotopic (exact) mass is 434 g/mol. The van der Waals surface area contributed by atoms with Crippen LogP contribution in [0.1, 0.15) is 21.3 Å². The molecule has 0 spiro atoms. The fourth-order valence-corrected chi connectivity index (χ4v) is 4.61. The molecule has 1 fully saturated rings. The fourth-order valence-electron chi connectivity index (χ4n) is 2.79. The van der Waals surface area contributed by atoms with Crippen LogP contribution in [0.5, 0.6) is 5.75 Å². The molecule has 5 nitrogen and oxygen atoms in total. The maximum atomic E-state index is 12.6. The summed E-state index contributed by atoms with van der Waals surface area (Å²) >= 11 is 5.21. The molecule has 3 rings (SSSR count). The Morgan fingerprint density at radius 1 is 1.27 bits per heavy atom. The van der Waals surface area contributed by atoms with Gasteiger partial charge in [0.25, 0.3) is 5.91 Å². The van der Waals surface area contributed by atoms with Crippen molar-refractivity contribution in [2.45, 2.75) is 5.37 Å². The quantitative estimate of drug-likeness (QED) is 0.782. The van der Waals surface area contributed by atoms with Crippen LogP contribution in [0.3, 0.4) is 0 Å². The van der Waals surface area contributed by atoms with E-state index in [1.165, 1.54) is 0 Å². The summed E-state index contributed by atoms with van der Waals surface area (Å²) < 4.78 is 6.12. The summed E-state index contributed by atoms with van der Waals surface area (Å²) in [6.45, 7) is 0.654. The van der Waals surface area contributed by atoms with Gasteiger partial charge in [-0.25, -0.2) is 0 Å². The number of thioether (sulfide) groups is 1. The summed E-state index contributed by atoms with van der Waals surface area (Å²) in [6, 6.07) is 14.7. The van der Waals surface area contributed by atoms with Crippen molar-refractivity contribution in [3.05, 3.63) is 64.1 Å². The first-order chi connectivity index (χ1) is 12.6. The predicted molar refractivity (Wildman–Crippen MR) is 106 cm³/mol. The molecule has 1 heterocycles. The van der Waals surface area contributed by atoms with Gasteiger partial charge in [0.05, 0.1) is 18.1 Å². The number of amides is 2. The van der Waals surface area contributed by atoms with Crippen molar-refractivity contribution in [1.82, 2.24) is 10.2 Å². The van der Waals surface area contributed by atoms with Crippen LogP contribution in [-0.2, 0) is 4.79 Å². The molecule has 1 unspecified atom stereocenters. The molecule has 0 aromatic heterocycles. The lowest BCUT2D eigenvalue weighted by atomic mass is 10.2. The zero-order chi connectivity index (χ0) is 18.5. The van der Waals surface area contributed by atoms with Gasteiger partial charge in [-0.3, -0.25) is 9.59 Å². The lowest BCUT2D eigenvalue weighted by Crippen LogP contribution is -2.39. The van der Waals surface area contributed by atoms with Crippen LogP contribution in [0.2, 0.25) is 0 Å². The topological polar surface area (TPSA) is 58.6 Å². The Hall–Kier alpha value is -1.99. The van der Waals surface area contributed by atoms with E-state index in [0.29, 0.717) is 12.1 Å². The van der Waals surface area contributed by atoms with Crippen LogP contribution in [-0.4, -0.2) is 42.7 Å². The molecule has 0 saturated carbocycles. The molecular weight excluding hydrogens is 416 g/mol. The highest BCUT2D eigenvalue weighted by molar-refractivity contribution is 9.10. The zero-order valence-electron chi connectivity index (χ0n) is 14.3. The van der Waals surface area contributed by atoms with E-state index in [0.717, 1.165) is 21.5 Å². The first-order valence-electron chi connectivity index (χ1n) is 8.18. The molecule has 0 aliphatic carbocycles. The second-order valence-electron chi connectivity index (χ2n) is 5.75. The Morgan fingerprint density at radius 2 is 2.04 bits per heavy atom. The van der Waals surface area contributed by atoms with Gasteiger partial charge in [0.2, 0.25) is 5.91 Å². The number of methoxy groups -OCH3 is 1. The van der Waals surface area contributed by atoms with E-state index in [9.17, 15) is 9.59 Å². The molecule has 1 N–H and O–H groups in total. The van der Waals surface area contributed by atoms with Crippen molar-refractivity contribution in [2.75, 3.05) is 26.0 Å². The number of hydrogen-bond donors (Lipinski definition) is 1. The second kappa shape index (κ2) is 8.60. The zero-order valence-corrected chi connectivity index (χ0v) is 16.7. The third-order valence-electron chi connectivity index (χ3n) is 4.11. The van der Waals surface area contributed by atoms with E-state index in [1.54, 1.807) is 43.1 Å². The predicted octanol–water partition coefficient (Wildman–Crippen LogP) is 3.46. The first-order valence-corrected chi connectivity index (χ1v) is 10.0. The number of halogens is 1. The Bertz CT molecular complexity index is 801. The van der Waals surface area contributed by atoms with Gasteiger partial charge in [-0.05, 0) is 45.8 Å². The van der Waals surface area contributed by atoms with Crippen molar-refractivity contribution >= 4 is 39.5 Å². The van der Waals surface area contributed by atoms with E-state index < -0.39 is 0 Å². The molecule has 136 valence electrons. The van der Waals surface area contributed by atoms with E-state index in [4.69, 9.17) is 4.74 Å². The molecule has 1 aliphatic heterocycles. The molecule has 2 amide bonds. The number of carbonyl (C=O) groups is 2. The van der Waals surface area contributed by atoms with Gasteiger partial charge in [0.1, 0.15) is 11.1 Å². The lowest BCUT2D eigenvalue weighted by Gasteiger charge is -2.24. The summed E-state index contributed by atoms with van der Waals surface area (Å²) in [6.07, 6.45) is 0. The van der Waals surface area contributed by atoms with Crippen LogP contribution in [0.4, 0.5) is 0 Å². The Kier molecular flexibility index (Phi) is 6.21. The summed E-state index contributed by atoms with van der Waals surface area (Å²) in [5.41, 5.74) is 1.58. The number of nitrogens with one attached hydrogen (secondary N) is 1. The van der Waals surface area contributed by atoms with Crippen LogP contribution < -0.4 is 10.1 Å². The third kappa shape index (κ3) is 4.22. The number of nitrogens with zero attached hydrogens (tertiary/aromatic N) is 1. The number of hydrogen-bond acceptors (Lipinski definition) is 4. The largest absolute Gasteiger partial charge is 0.496 e. The van der Waals surface area contributed by atoms with Crippen molar-refractivity contribution in [2.24, 2.45) is 0 Å². The third-order valence-corrected chi connectivity index (χ3v) is 5.99. The molecule has 1 saturated heterocycles. The van der Waals surface area contributed by atoms with Crippen molar-refractivity contribution in [3.63, 3.8) is 0 Å². The Balaban J connectivity index is 1.65. The summed E-state index contributed by atoms with van der Waals surface area (Å²) in [7, 11) is 1.62. The van der Waals surface area contributed by atoms with Crippen molar-refractivity contribution in [1.29, 1.82) is 0 Å². The molecule has 0 bridgehead atoms. The highest BCUT2D eigenvalue weighted by Crippen LogP contribution is 2.40. The van der Waals surface area contributed by atoms with Crippen molar-refractivity contribution in [3.8, 4) is 5.75 Å².